The highest BCUT2D eigenvalue weighted by molar-refractivity contribution is 7.99. The molecule has 1 aliphatic rings. The summed E-state index contributed by atoms with van der Waals surface area (Å²) in [7, 11) is 0. The number of nitrogens with zero attached hydrogens (tertiary/aromatic N) is 4. The molecular weight excluding hydrogens is 383 g/mol. The number of aryl methyl sites for hydroxylation is 1. The van der Waals surface area contributed by atoms with Gasteiger partial charge in [-0.3, -0.25) is 4.79 Å². The first-order valence-electron chi connectivity index (χ1n) is 7.61. The van der Waals surface area contributed by atoms with Crippen molar-refractivity contribution < 1.29 is 4.79 Å². The van der Waals surface area contributed by atoms with Gasteiger partial charge in [-0.05, 0) is 13.0 Å². The summed E-state index contributed by atoms with van der Waals surface area (Å²) in [5.74, 6) is 0.309. The number of fused-ring (bicyclic) bond motifs is 1. The minimum atomic E-state index is -0.247. The molecule has 1 aliphatic heterocycles. The molecule has 25 heavy (non-hydrogen) atoms. The molecule has 10 heteroatoms. The predicted molar refractivity (Wildman–Crippen MR) is 98.7 cm³/mol. The Bertz CT molecular complexity index is 819. The fraction of sp³-hybridized carbons (Fsp3) is 0.333. The number of nitrogens with two attached hydrogens (primary N) is 1. The van der Waals surface area contributed by atoms with Crippen LogP contribution in [0, 0.1) is 6.92 Å². The third-order valence-electron chi connectivity index (χ3n) is 3.61. The van der Waals surface area contributed by atoms with Crippen LogP contribution in [0.1, 0.15) is 16.2 Å². The van der Waals surface area contributed by atoms with Gasteiger partial charge < -0.3 is 16.0 Å². The van der Waals surface area contributed by atoms with Crippen LogP contribution < -0.4 is 16.0 Å². The molecule has 132 valence electrons. The Morgan fingerprint density at radius 1 is 1.40 bits per heavy atom. The highest BCUT2D eigenvalue weighted by atomic mass is 35.5. The minimum absolute atomic E-state index is 0.221. The van der Waals surface area contributed by atoms with E-state index in [0.29, 0.717) is 52.6 Å². The molecule has 1 amide bonds. The average molecular weight is 399 g/mol. The van der Waals surface area contributed by atoms with Gasteiger partial charge in [0.25, 0.3) is 5.91 Å². The van der Waals surface area contributed by atoms with E-state index in [-0.39, 0.29) is 16.8 Å². The van der Waals surface area contributed by atoms with Crippen molar-refractivity contribution in [3.63, 3.8) is 0 Å². The predicted octanol–water partition coefficient (Wildman–Crippen LogP) is 2.15. The second-order valence-corrected chi connectivity index (χ2v) is 7.10. The normalized spacial score (nSPS) is 14.1. The lowest BCUT2D eigenvalue weighted by atomic mass is 10.3. The molecule has 2 aromatic heterocycles. The molecule has 0 aromatic carbocycles. The molecule has 0 saturated heterocycles. The number of halogens is 2. The molecular formula is C15H16Cl2N6OS. The lowest BCUT2D eigenvalue weighted by Gasteiger charge is -2.22. The number of anilines is 1. The molecule has 7 nitrogen and oxygen atoms in total. The van der Waals surface area contributed by atoms with Crippen molar-refractivity contribution in [1.29, 1.82) is 0 Å². The van der Waals surface area contributed by atoms with Crippen molar-refractivity contribution in [2.24, 2.45) is 5.73 Å². The standard InChI is InChI=1S/C15H16Cl2N6OS/c1-8-15(25-9-2-4-19-12(17)10(9)16)22-11-13(21-8)23(6-3-18)7-5-20-14(11)24/h2,4H,3,5-7,18H2,1H3,(H,20,24). The van der Waals surface area contributed by atoms with Gasteiger partial charge in [0.2, 0.25) is 0 Å². The van der Waals surface area contributed by atoms with Crippen molar-refractivity contribution in [1.82, 2.24) is 20.3 Å². The molecule has 3 heterocycles. The maximum atomic E-state index is 12.4. The first kappa shape index (κ1) is 18.2. The van der Waals surface area contributed by atoms with Crippen molar-refractivity contribution >= 4 is 46.7 Å². The number of amides is 1. The van der Waals surface area contributed by atoms with Crippen molar-refractivity contribution in [2.45, 2.75) is 16.8 Å². The van der Waals surface area contributed by atoms with Crippen molar-refractivity contribution in [3.05, 3.63) is 33.8 Å². The van der Waals surface area contributed by atoms with Crippen LogP contribution in [0.25, 0.3) is 0 Å². The minimum Gasteiger partial charge on any atom is -0.352 e. The maximum absolute atomic E-state index is 12.4. The van der Waals surface area contributed by atoms with E-state index in [1.54, 1.807) is 12.3 Å². The summed E-state index contributed by atoms with van der Waals surface area (Å²) < 4.78 is 0. The highest BCUT2D eigenvalue weighted by Gasteiger charge is 2.25. The molecule has 0 atom stereocenters. The monoisotopic (exact) mass is 398 g/mol. The van der Waals surface area contributed by atoms with E-state index in [4.69, 9.17) is 28.9 Å². The summed E-state index contributed by atoms with van der Waals surface area (Å²) >= 11 is 13.4. The Balaban J connectivity index is 2.02. The van der Waals surface area contributed by atoms with Crippen LogP contribution in [0.5, 0.6) is 0 Å². The first-order chi connectivity index (χ1) is 12.0. The molecule has 0 radical (unpaired) electrons. The number of carbonyl (C=O) groups excluding carboxylic acids is 1. The molecule has 3 rings (SSSR count). The van der Waals surface area contributed by atoms with Crippen LogP contribution >= 0.6 is 35.0 Å². The second-order valence-electron chi connectivity index (χ2n) is 5.33. The van der Waals surface area contributed by atoms with Gasteiger partial charge in [-0.15, -0.1) is 0 Å². The van der Waals surface area contributed by atoms with Gasteiger partial charge in [0.05, 0.1) is 10.7 Å². The first-order valence-corrected chi connectivity index (χ1v) is 9.18. The van der Waals surface area contributed by atoms with E-state index in [0.717, 1.165) is 0 Å². The zero-order valence-electron chi connectivity index (χ0n) is 13.4. The number of rotatable bonds is 4. The largest absolute Gasteiger partial charge is 0.352 e. The third kappa shape index (κ3) is 3.82. The SMILES string of the molecule is Cc1nc2c(nc1Sc1ccnc(Cl)c1Cl)C(=O)NCCN2CCN. The summed E-state index contributed by atoms with van der Waals surface area (Å²) in [6, 6.07) is 1.74. The lowest BCUT2D eigenvalue weighted by molar-refractivity contribution is 0.0952. The number of hydrogen-bond acceptors (Lipinski definition) is 7. The van der Waals surface area contributed by atoms with E-state index in [1.807, 2.05) is 11.8 Å². The van der Waals surface area contributed by atoms with E-state index in [9.17, 15) is 4.79 Å². The van der Waals surface area contributed by atoms with Crippen LogP contribution in [-0.2, 0) is 0 Å². The highest BCUT2D eigenvalue weighted by Crippen LogP contribution is 2.37. The van der Waals surface area contributed by atoms with E-state index in [2.05, 4.69) is 20.3 Å². The number of aromatic nitrogens is 3. The fourth-order valence-corrected chi connectivity index (χ4v) is 3.71. The summed E-state index contributed by atoms with van der Waals surface area (Å²) in [4.78, 5) is 28.1. The smallest absolute Gasteiger partial charge is 0.273 e. The molecule has 0 unspecified atom stereocenters. The van der Waals surface area contributed by atoms with E-state index >= 15 is 0 Å². The molecule has 2 aromatic rings. The Labute approximate surface area is 159 Å². The van der Waals surface area contributed by atoms with Crippen LogP contribution in [0.4, 0.5) is 5.82 Å². The Morgan fingerprint density at radius 3 is 2.96 bits per heavy atom. The van der Waals surface area contributed by atoms with Gasteiger partial charge in [-0.1, -0.05) is 35.0 Å². The third-order valence-corrected chi connectivity index (χ3v) is 5.63. The fourth-order valence-electron chi connectivity index (χ4n) is 2.41. The van der Waals surface area contributed by atoms with Gasteiger partial charge in [0.1, 0.15) is 10.2 Å². The maximum Gasteiger partial charge on any atom is 0.273 e. The average Bonchev–Trinajstić information content (AvgIpc) is 2.72. The summed E-state index contributed by atoms with van der Waals surface area (Å²) in [5.41, 5.74) is 6.66. The lowest BCUT2D eigenvalue weighted by Crippen LogP contribution is -2.34. The molecule has 0 fully saturated rings. The van der Waals surface area contributed by atoms with Crippen LogP contribution in [0.2, 0.25) is 10.2 Å². The zero-order chi connectivity index (χ0) is 18.0. The van der Waals surface area contributed by atoms with Gasteiger partial charge in [0.15, 0.2) is 11.5 Å². The van der Waals surface area contributed by atoms with Gasteiger partial charge in [-0.25, -0.2) is 15.0 Å². The Morgan fingerprint density at radius 2 is 2.20 bits per heavy atom. The van der Waals surface area contributed by atoms with Crippen molar-refractivity contribution in [2.75, 3.05) is 31.1 Å². The van der Waals surface area contributed by atoms with Crippen LogP contribution in [0.3, 0.4) is 0 Å². The van der Waals surface area contributed by atoms with E-state index in [1.165, 1.54) is 11.8 Å². The molecule has 0 bridgehead atoms. The van der Waals surface area contributed by atoms with E-state index < -0.39 is 0 Å². The Kier molecular flexibility index (Phi) is 5.63. The number of pyridine rings is 1. The number of carbonyl (C=O) groups is 1. The summed E-state index contributed by atoms with van der Waals surface area (Å²) in [6.45, 7) is 4.08. The molecule has 0 saturated carbocycles. The van der Waals surface area contributed by atoms with Crippen LogP contribution in [0.15, 0.2) is 22.2 Å². The van der Waals surface area contributed by atoms with Gasteiger partial charge in [-0.2, -0.15) is 0 Å². The molecule has 0 spiro atoms. The number of hydrogen-bond donors (Lipinski definition) is 2. The summed E-state index contributed by atoms with van der Waals surface area (Å²) in [5, 5.41) is 3.99. The molecule has 3 N–H and O–H groups in total. The summed E-state index contributed by atoms with van der Waals surface area (Å²) in [6.07, 6.45) is 1.57. The van der Waals surface area contributed by atoms with Gasteiger partial charge >= 0.3 is 0 Å². The second kappa shape index (κ2) is 7.74. The number of nitrogens with one attached hydrogen (secondary N) is 1. The topological polar surface area (TPSA) is 97.0 Å². The molecule has 0 aliphatic carbocycles. The Hall–Kier alpha value is -1.61. The van der Waals surface area contributed by atoms with Crippen molar-refractivity contribution in [3.8, 4) is 0 Å². The van der Waals surface area contributed by atoms with Crippen LogP contribution in [-0.4, -0.2) is 47.0 Å². The zero-order valence-corrected chi connectivity index (χ0v) is 15.8. The quantitative estimate of drug-likeness (QED) is 0.761. The van der Waals surface area contributed by atoms with Gasteiger partial charge in [0, 0.05) is 37.3 Å².